The van der Waals surface area contributed by atoms with Gasteiger partial charge >= 0.3 is 0 Å². The molecule has 0 rings (SSSR count). The Kier molecular flexibility index (Phi) is 7.55. The maximum absolute atomic E-state index is 6.06. The van der Waals surface area contributed by atoms with Gasteiger partial charge in [0.25, 0.3) is 0 Å². The molecule has 0 N–H and O–H groups in total. The summed E-state index contributed by atoms with van der Waals surface area (Å²) in [7, 11) is 1.58. The van der Waals surface area contributed by atoms with Crippen molar-refractivity contribution in [3.05, 3.63) is 0 Å². The van der Waals surface area contributed by atoms with Crippen LogP contribution >= 0.6 is 11.6 Å². The predicted octanol–water partition coefficient (Wildman–Crippen LogP) is 2.42. The lowest BCUT2D eigenvalue weighted by atomic mass is 10.4. The van der Waals surface area contributed by atoms with Crippen molar-refractivity contribution in [3.8, 4) is 0 Å². The first-order chi connectivity index (χ1) is 6.47. The Labute approximate surface area is 91.7 Å². The molecule has 0 aliphatic carbocycles. The van der Waals surface area contributed by atoms with Crippen molar-refractivity contribution in [1.82, 2.24) is 0 Å². The summed E-state index contributed by atoms with van der Waals surface area (Å²) >= 11 is 6.06. The Balaban J connectivity index is 3.84. The van der Waals surface area contributed by atoms with Gasteiger partial charge < -0.3 is 14.2 Å². The number of rotatable bonds is 7. The quantitative estimate of drug-likeness (QED) is 0.491. The Morgan fingerprint density at radius 3 is 2.00 bits per heavy atom. The van der Waals surface area contributed by atoms with Crippen molar-refractivity contribution >= 4 is 11.6 Å². The molecule has 0 saturated heterocycles. The minimum Gasteiger partial charge on any atom is -0.377 e. The molecule has 0 aliphatic rings. The summed E-state index contributed by atoms with van der Waals surface area (Å²) in [5.41, 5.74) is 0. The van der Waals surface area contributed by atoms with Gasteiger partial charge in [0, 0.05) is 7.11 Å². The highest BCUT2D eigenvalue weighted by atomic mass is 35.5. The van der Waals surface area contributed by atoms with Gasteiger partial charge in [-0.05, 0) is 27.7 Å². The SMILES string of the molecule is COC(OC(C)C)C(Cl)COC(C)C. The molecule has 4 heteroatoms. The van der Waals surface area contributed by atoms with Crippen molar-refractivity contribution in [1.29, 1.82) is 0 Å². The second kappa shape index (κ2) is 7.46. The van der Waals surface area contributed by atoms with Crippen LogP contribution in [0.4, 0.5) is 0 Å². The van der Waals surface area contributed by atoms with Gasteiger partial charge in [0.15, 0.2) is 6.29 Å². The third kappa shape index (κ3) is 6.60. The molecule has 14 heavy (non-hydrogen) atoms. The Morgan fingerprint density at radius 1 is 1.07 bits per heavy atom. The first-order valence-corrected chi connectivity index (χ1v) is 5.35. The summed E-state index contributed by atoms with van der Waals surface area (Å²) in [5.74, 6) is 0. The van der Waals surface area contributed by atoms with Crippen LogP contribution in [0, 0.1) is 0 Å². The Hall–Kier alpha value is 0.170. The second-order valence-electron chi connectivity index (χ2n) is 3.69. The second-order valence-corrected chi connectivity index (χ2v) is 4.25. The van der Waals surface area contributed by atoms with E-state index in [2.05, 4.69) is 0 Å². The van der Waals surface area contributed by atoms with E-state index in [1.165, 1.54) is 0 Å². The third-order valence-corrected chi connectivity index (χ3v) is 1.85. The van der Waals surface area contributed by atoms with Crippen LogP contribution in [0.15, 0.2) is 0 Å². The van der Waals surface area contributed by atoms with Crippen LogP contribution in [0.25, 0.3) is 0 Å². The molecule has 0 aliphatic heterocycles. The molecule has 0 spiro atoms. The number of hydrogen-bond donors (Lipinski definition) is 0. The van der Waals surface area contributed by atoms with Crippen LogP contribution in [0.5, 0.6) is 0 Å². The highest BCUT2D eigenvalue weighted by molar-refractivity contribution is 6.21. The molecule has 2 atom stereocenters. The fourth-order valence-corrected chi connectivity index (χ4v) is 1.15. The number of ether oxygens (including phenoxy) is 3. The van der Waals surface area contributed by atoms with Gasteiger partial charge in [-0.3, -0.25) is 0 Å². The van der Waals surface area contributed by atoms with Crippen molar-refractivity contribution in [3.63, 3.8) is 0 Å². The first kappa shape index (κ1) is 14.2. The zero-order chi connectivity index (χ0) is 11.1. The molecular weight excluding hydrogens is 204 g/mol. The van der Waals surface area contributed by atoms with Crippen LogP contribution < -0.4 is 0 Å². The largest absolute Gasteiger partial charge is 0.377 e. The van der Waals surface area contributed by atoms with E-state index in [-0.39, 0.29) is 17.6 Å². The summed E-state index contributed by atoms with van der Waals surface area (Å²) in [6.45, 7) is 8.26. The molecule has 0 heterocycles. The van der Waals surface area contributed by atoms with E-state index < -0.39 is 6.29 Å². The van der Waals surface area contributed by atoms with E-state index in [0.717, 1.165) is 0 Å². The van der Waals surface area contributed by atoms with Gasteiger partial charge in [0.2, 0.25) is 0 Å². The van der Waals surface area contributed by atoms with E-state index in [0.29, 0.717) is 6.61 Å². The first-order valence-electron chi connectivity index (χ1n) is 4.91. The minimum atomic E-state index is -0.407. The molecule has 0 saturated carbocycles. The molecule has 0 aromatic carbocycles. The third-order valence-electron chi connectivity index (χ3n) is 1.52. The van der Waals surface area contributed by atoms with Gasteiger partial charge in [0.05, 0.1) is 18.8 Å². The molecule has 0 radical (unpaired) electrons. The maximum atomic E-state index is 6.06. The van der Waals surface area contributed by atoms with Crippen molar-refractivity contribution in [2.45, 2.75) is 51.6 Å². The summed E-state index contributed by atoms with van der Waals surface area (Å²) in [6, 6.07) is 0. The lowest BCUT2D eigenvalue weighted by molar-refractivity contribution is -0.154. The van der Waals surface area contributed by atoms with Gasteiger partial charge in [-0.1, -0.05) is 0 Å². The van der Waals surface area contributed by atoms with Crippen LogP contribution in [0.3, 0.4) is 0 Å². The Bertz CT molecular complexity index is 139. The number of methoxy groups -OCH3 is 1. The summed E-state index contributed by atoms with van der Waals surface area (Å²) in [4.78, 5) is 0. The van der Waals surface area contributed by atoms with E-state index in [1.807, 2.05) is 27.7 Å². The number of alkyl halides is 1. The lowest BCUT2D eigenvalue weighted by Gasteiger charge is -2.23. The highest BCUT2D eigenvalue weighted by Crippen LogP contribution is 2.11. The normalized spacial score (nSPS) is 16.3. The minimum absolute atomic E-state index is 0.0975. The van der Waals surface area contributed by atoms with Crippen LogP contribution in [0.1, 0.15) is 27.7 Å². The summed E-state index contributed by atoms with van der Waals surface area (Å²) in [5, 5.41) is -0.273. The zero-order valence-corrected chi connectivity index (χ0v) is 10.4. The molecule has 2 unspecified atom stereocenters. The molecule has 0 bridgehead atoms. The van der Waals surface area contributed by atoms with Gasteiger partial charge in [-0.2, -0.15) is 0 Å². The molecular formula is C10H21ClO3. The van der Waals surface area contributed by atoms with Crippen LogP contribution in [0.2, 0.25) is 0 Å². The van der Waals surface area contributed by atoms with E-state index >= 15 is 0 Å². The predicted molar refractivity (Wildman–Crippen MR) is 57.7 cm³/mol. The van der Waals surface area contributed by atoms with Crippen LogP contribution in [-0.2, 0) is 14.2 Å². The standard InChI is InChI=1S/C10H21ClO3/c1-7(2)13-6-9(11)10(12-5)14-8(3)4/h7-10H,6H2,1-5H3. The molecule has 0 fully saturated rings. The van der Waals surface area contributed by atoms with Crippen molar-refractivity contribution in [2.75, 3.05) is 13.7 Å². The van der Waals surface area contributed by atoms with Crippen molar-refractivity contribution in [2.24, 2.45) is 0 Å². The van der Waals surface area contributed by atoms with Gasteiger partial charge in [0.1, 0.15) is 5.38 Å². The molecule has 3 nitrogen and oxygen atoms in total. The topological polar surface area (TPSA) is 27.7 Å². The number of halogens is 1. The van der Waals surface area contributed by atoms with Crippen LogP contribution in [-0.4, -0.2) is 37.6 Å². The molecule has 0 amide bonds. The van der Waals surface area contributed by atoms with E-state index in [4.69, 9.17) is 25.8 Å². The Morgan fingerprint density at radius 2 is 1.64 bits per heavy atom. The fourth-order valence-electron chi connectivity index (χ4n) is 0.920. The van der Waals surface area contributed by atoms with Gasteiger partial charge in [-0.25, -0.2) is 0 Å². The summed E-state index contributed by atoms with van der Waals surface area (Å²) in [6.07, 6.45) is -0.136. The summed E-state index contributed by atoms with van der Waals surface area (Å²) < 4.78 is 16.0. The van der Waals surface area contributed by atoms with Crippen molar-refractivity contribution < 1.29 is 14.2 Å². The fraction of sp³-hybridized carbons (Fsp3) is 1.00. The number of hydrogen-bond acceptors (Lipinski definition) is 3. The molecule has 86 valence electrons. The average Bonchev–Trinajstić information content (AvgIpc) is 2.09. The molecule has 0 aromatic rings. The smallest absolute Gasteiger partial charge is 0.175 e. The average molecular weight is 225 g/mol. The lowest BCUT2D eigenvalue weighted by Crippen LogP contribution is -2.33. The van der Waals surface area contributed by atoms with Gasteiger partial charge in [-0.15, -0.1) is 11.6 Å². The monoisotopic (exact) mass is 224 g/mol. The van der Waals surface area contributed by atoms with E-state index in [1.54, 1.807) is 7.11 Å². The van der Waals surface area contributed by atoms with E-state index in [9.17, 15) is 0 Å². The maximum Gasteiger partial charge on any atom is 0.175 e. The molecule has 0 aromatic heterocycles. The highest BCUT2D eigenvalue weighted by Gasteiger charge is 2.21. The zero-order valence-electron chi connectivity index (χ0n) is 9.62.